The van der Waals surface area contributed by atoms with Gasteiger partial charge in [-0.2, -0.15) is 0 Å². The van der Waals surface area contributed by atoms with E-state index in [0.717, 1.165) is 11.1 Å². The maximum Gasteiger partial charge on any atom is 0.175 e. The van der Waals surface area contributed by atoms with Gasteiger partial charge in [0, 0.05) is 18.8 Å². The predicted octanol–water partition coefficient (Wildman–Crippen LogP) is 1.07. The predicted molar refractivity (Wildman–Crippen MR) is 59.9 cm³/mol. The molecule has 0 radical (unpaired) electrons. The van der Waals surface area contributed by atoms with Gasteiger partial charge in [0.1, 0.15) is 6.67 Å². The summed E-state index contributed by atoms with van der Waals surface area (Å²) >= 11 is 0. The second-order valence-corrected chi connectivity index (χ2v) is 6.15. The van der Waals surface area contributed by atoms with Gasteiger partial charge in [0.25, 0.3) is 0 Å². The van der Waals surface area contributed by atoms with E-state index in [0.29, 0.717) is 17.9 Å². The van der Waals surface area contributed by atoms with Gasteiger partial charge in [-0.15, -0.1) is 0 Å². The molecule has 0 fully saturated rings. The largest absolute Gasteiger partial charge is 0.307 e. The average molecular weight is 243 g/mol. The Bertz CT molecular complexity index is 499. The monoisotopic (exact) mass is 243 g/mol. The molecule has 0 unspecified atom stereocenters. The van der Waals surface area contributed by atoms with Gasteiger partial charge in [0.2, 0.25) is 0 Å². The highest BCUT2D eigenvalue weighted by molar-refractivity contribution is 7.90. The van der Waals surface area contributed by atoms with E-state index in [4.69, 9.17) is 0 Å². The van der Waals surface area contributed by atoms with Crippen molar-refractivity contribution in [3.05, 3.63) is 29.3 Å². The van der Waals surface area contributed by atoms with Crippen molar-refractivity contribution in [2.24, 2.45) is 0 Å². The summed E-state index contributed by atoms with van der Waals surface area (Å²) in [4.78, 5) is 0.326. The van der Waals surface area contributed by atoms with Crippen LogP contribution in [0.4, 0.5) is 4.39 Å². The third-order valence-electron chi connectivity index (χ3n) is 2.84. The third-order valence-corrected chi connectivity index (χ3v) is 3.95. The highest BCUT2D eigenvalue weighted by Gasteiger charge is 2.19. The molecule has 1 aliphatic rings. The Balaban J connectivity index is 2.35. The van der Waals surface area contributed by atoms with Crippen LogP contribution in [0.25, 0.3) is 0 Å². The summed E-state index contributed by atoms with van der Waals surface area (Å²) in [6.07, 6.45) is 1.81. The molecule has 0 aromatic heterocycles. The van der Waals surface area contributed by atoms with Crippen LogP contribution in [-0.2, 0) is 22.8 Å². The highest BCUT2D eigenvalue weighted by atomic mass is 32.2. The molecule has 3 nitrogen and oxygen atoms in total. The molecule has 5 heteroatoms. The zero-order valence-corrected chi connectivity index (χ0v) is 9.85. The Labute approximate surface area is 94.6 Å². The smallest absolute Gasteiger partial charge is 0.175 e. The molecule has 2 rings (SSSR count). The van der Waals surface area contributed by atoms with E-state index in [9.17, 15) is 12.8 Å². The first-order valence-electron chi connectivity index (χ1n) is 5.12. The van der Waals surface area contributed by atoms with Crippen LogP contribution >= 0.6 is 0 Å². The number of nitrogens with one attached hydrogen (secondary N) is 1. The lowest BCUT2D eigenvalue weighted by molar-refractivity contribution is 0.358. The van der Waals surface area contributed by atoms with Crippen LogP contribution in [-0.4, -0.2) is 27.4 Å². The van der Waals surface area contributed by atoms with Crippen LogP contribution in [0, 0.1) is 0 Å². The van der Waals surface area contributed by atoms with Gasteiger partial charge in [0.05, 0.1) is 4.90 Å². The number of sulfone groups is 1. The SMILES string of the molecule is CS(=O)(=O)c1ccc2c(c1)CN[C@H](CF)C2. The van der Waals surface area contributed by atoms with E-state index in [1.807, 2.05) is 0 Å². The minimum atomic E-state index is -3.16. The number of rotatable bonds is 2. The molecule has 0 saturated heterocycles. The van der Waals surface area contributed by atoms with Gasteiger partial charge < -0.3 is 5.32 Å². The van der Waals surface area contributed by atoms with Crippen LogP contribution in [0.15, 0.2) is 23.1 Å². The maximum absolute atomic E-state index is 12.5. The van der Waals surface area contributed by atoms with Crippen molar-refractivity contribution in [1.82, 2.24) is 5.32 Å². The fraction of sp³-hybridized carbons (Fsp3) is 0.455. The zero-order valence-electron chi connectivity index (χ0n) is 9.03. The molecule has 0 bridgehead atoms. The van der Waals surface area contributed by atoms with Crippen LogP contribution < -0.4 is 5.32 Å². The Kier molecular flexibility index (Phi) is 2.99. The van der Waals surface area contributed by atoms with E-state index in [2.05, 4.69) is 5.32 Å². The zero-order chi connectivity index (χ0) is 11.8. The molecule has 0 amide bonds. The molecule has 1 aromatic rings. The first kappa shape index (κ1) is 11.5. The average Bonchev–Trinajstić information content (AvgIpc) is 2.26. The minimum absolute atomic E-state index is 0.142. The van der Waals surface area contributed by atoms with Gasteiger partial charge >= 0.3 is 0 Å². The van der Waals surface area contributed by atoms with Gasteiger partial charge in [-0.3, -0.25) is 0 Å². The summed E-state index contributed by atoms with van der Waals surface area (Å²) in [5.74, 6) is 0. The Morgan fingerprint density at radius 3 is 2.81 bits per heavy atom. The molecule has 1 aliphatic heterocycles. The lowest BCUT2D eigenvalue weighted by atomic mass is 9.96. The lowest BCUT2D eigenvalue weighted by Crippen LogP contribution is -2.37. The second kappa shape index (κ2) is 4.14. The highest BCUT2D eigenvalue weighted by Crippen LogP contribution is 2.21. The molecule has 1 atom stereocenters. The van der Waals surface area contributed by atoms with Gasteiger partial charge in [-0.05, 0) is 29.7 Å². The van der Waals surface area contributed by atoms with E-state index < -0.39 is 16.5 Å². The van der Waals surface area contributed by atoms with Crippen LogP contribution in [0.1, 0.15) is 11.1 Å². The quantitative estimate of drug-likeness (QED) is 0.845. The second-order valence-electron chi connectivity index (χ2n) is 4.14. The van der Waals surface area contributed by atoms with Crippen molar-refractivity contribution in [3.63, 3.8) is 0 Å². The molecule has 16 heavy (non-hydrogen) atoms. The number of benzene rings is 1. The lowest BCUT2D eigenvalue weighted by Gasteiger charge is -2.24. The van der Waals surface area contributed by atoms with Crippen LogP contribution in [0.2, 0.25) is 0 Å². The third kappa shape index (κ3) is 2.25. The molecule has 0 spiro atoms. The van der Waals surface area contributed by atoms with Crippen molar-refractivity contribution in [1.29, 1.82) is 0 Å². The molecular formula is C11H14FNO2S. The van der Waals surface area contributed by atoms with Crippen molar-refractivity contribution in [2.75, 3.05) is 12.9 Å². The maximum atomic E-state index is 12.5. The normalized spacial score (nSPS) is 20.5. The Morgan fingerprint density at radius 1 is 1.44 bits per heavy atom. The van der Waals surface area contributed by atoms with Crippen LogP contribution in [0.5, 0.6) is 0 Å². The van der Waals surface area contributed by atoms with Gasteiger partial charge in [-0.1, -0.05) is 6.07 Å². The molecule has 1 N–H and O–H groups in total. The summed E-state index contributed by atoms with van der Waals surface area (Å²) in [5, 5.41) is 3.03. The molecule has 1 aromatic carbocycles. The topological polar surface area (TPSA) is 46.2 Å². The summed E-state index contributed by atoms with van der Waals surface area (Å²) in [5.41, 5.74) is 1.99. The number of halogens is 1. The van der Waals surface area contributed by atoms with E-state index in [1.165, 1.54) is 6.26 Å². The first-order chi connectivity index (χ1) is 7.50. The van der Waals surface area contributed by atoms with E-state index in [-0.39, 0.29) is 6.04 Å². The molecular weight excluding hydrogens is 229 g/mol. The number of hydrogen-bond acceptors (Lipinski definition) is 3. The summed E-state index contributed by atoms with van der Waals surface area (Å²) < 4.78 is 35.2. The van der Waals surface area contributed by atoms with Crippen molar-refractivity contribution in [3.8, 4) is 0 Å². The number of alkyl halides is 1. The molecule has 0 aliphatic carbocycles. The van der Waals surface area contributed by atoms with Crippen molar-refractivity contribution >= 4 is 9.84 Å². The van der Waals surface area contributed by atoms with Crippen LogP contribution in [0.3, 0.4) is 0 Å². The summed E-state index contributed by atoms with van der Waals surface area (Å²) in [6.45, 7) is 0.139. The minimum Gasteiger partial charge on any atom is -0.307 e. The summed E-state index contributed by atoms with van der Waals surface area (Å²) in [7, 11) is -3.16. The number of hydrogen-bond donors (Lipinski definition) is 1. The first-order valence-corrected chi connectivity index (χ1v) is 7.01. The molecule has 0 saturated carbocycles. The van der Waals surface area contributed by atoms with Gasteiger partial charge in [-0.25, -0.2) is 12.8 Å². The van der Waals surface area contributed by atoms with Crippen molar-refractivity contribution < 1.29 is 12.8 Å². The standard InChI is InChI=1S/C11H14FNO2S/c1-16(14,15)11-3-2-8-4-10(6-12)13-7-9(8)5-11/h2-3,5,10,13H,4,6-7H2,1H3/t10-/m0/s1. The summed E-state index contributed by atoms with van der Waals surface area (Å²) in [6, 6.07) is 4.91. The fourth-order valence-electron chi connectivity index (χ4n) is 1.90. The number of fused-ring (bicyclic) bond motifs is 1. The molecule has 1 heterocycles. The Morgan fingerprint density at radius 2 is 2.19 bits per heavy atom. The van der Waals surface area contributed by atoms with Crippen molar-refractivity contribution in [2.45, 2.75) is 23.9 Å². The van der Waals surface area contributed by atoms with E-state index in [1.54, 1.807) is 18.2 Å². The fourth-order valence-corrected chi connectivity index (χ4v) is 2.57. The molecule has 88 valence electrons. The Hall–Kier alpha value is -0.940. The van der Waals surface area contributed by atoms with Gasteiger partial charge in [0.15, 0.2) is 9.84 Å². The van der Waals surface area contributed by atoms with E-state index >= 15 is 0 Å².